The Morgan fingerprint density at radius 1 is 1.10 bits per heavy atom. The number of aryl methyl sites for hydroxylation is 2. The summed E-state index contributed by atoms with van der Waals surface area (Å²) in [4.78, 5) is 23.7. The second-order valence-electron chi connectivity index (χ2n) is 6.70. The molecule has 0 aliphatic heterocycles. The number of benzene rings is 2. The molecule has 150 valence electrons. The fraction of sp³-hybridized carbons (Fsp3) is 0.182. The smallest absolute Gasteiger partial charge is 0.303 e. The van der Waals surface area contributed by atoms with Crippen LogP contribution in [0.1, 0.15) is 17.7 Å². The van der Waals surface area contributed by atoms with Crippen molar-refractivity contribution in [2.45, 2.75) is 26.3 Å². The summed E-state index contributed by atoms with van der Waals surface area (Å²) < 4.78 is 15.0. The highest BCUT2D eigenvalue weighted by molar-refractivity contribution is 6.31. The predicted molar refractivity (Wildman–Crippen MR) is 111 cm³/mol. The minimum Gasteiger partial charge on any atom is -0.481 e. The Morgan fingerprint density at radius 2 is 1.83 bits per heavy atom. The lowest BCUT2D eigenvalue weighted by Gasteiger charge is -2.15. The highest BCUT2D eigenvalue weighted by atomic mass is 35.5. The lowest BCUT2D eigenvalue weighted by Crippen LogP contribution is -2.21. The van der Waals surface area contributed by atoms with Crippen molar-refractivity contribution < 1.29 is 19.1 Å². The van der Waals surface area contributed by atoms with Crippen LogP contribution in [-0.4, -0.2) is 21.6 Å². The van der Waals surface area contributed by atoms with Gasteiger partial charge in [0.15, 0.2) is 0 Å². The number of amides is 1. The zero-order valence-electron chi connectivity index (χ0n) is 15.8. The van der Waals surface area contributed by atoms with Gasteiger partial charge in [0.25, 0.3) is 0 Å². The van der Waals surface area contributed by atoms with Crippen molar-refractivity contribution >= 4 is 29.2 Å². The van der Waals surface area contributed by atoms with Crippen molar-refractivity contribution in [2.75, 3.05) is 5.32 Å². The van der Waals surface area contributed by atoms with Crippen LogP contribution in [0.4, 0.5) is 10.1 Å². The van der Waals surface area contributed by atoms with Gasteiger partial charge in [0.2, 0.25) is 5.91 Å². The summed E-state index contributed by atoms with van der Waals surface area (Å²) in [7, 11) is 0. The Balaban J connectivity index is 1.89. The van der Waals surface area contributed by atoms with Crippen molar-refractivity contribution in [3.05, 3.63) is 76.7 Å². The number of carboxylic acids is 1. The second kappa shape index (κ2) is 8.92. The molecule has 3 aromatic rings. The number of hydrogen-bond donors (Lipinski definition) is 2. The van der Waals surface area contributed by atoms with Gasteiger partial charge in [0.05, 0.1) is 6.42 Å². The summed E-state index contributed by atoms with van der Waals surface area (Å²) in [6.45, 7) is 1.85. The van der Waals surface area contributed by atoms with Crippen LogP contribution in [0.25, 0.3) is 11.3 Å². The van der Waals surface area contributed by atoms with E-state index in [-0.39, 0.29) is 31.1 Å². The molecule has 1 heterocycles. The molecule has 0 saturated heterocycles. The highest BCUT2D eigenvalue weighted by Gasteiger charge is 2.15. The Labute approximate surface area is 172 Å². The first-order valence-electron chi connectivity index (χ1n) is 9.05. The first-order chi connectivity index (χ1) is 13.8. The summed E-state index contributed by atoms with van der Waals surface area (Å²) in [6.07, 6.45) is 0.224. The predicted octanol–water partition coefficient (Wildman–Crippen LogP) is 4.91. The maximum Gasteiger partial charge on any atom is 0.303 e. The molecule has 7 heteroatoms. The molecule has 2 N–H and O–H groups in total. The molecule has 2 aromatic carbocycles. The second-order valence-corrected chi connectivity index (χ2v) is 7.14. The molecule has 0 aliphatic rings. The molecule has 3 rings (SSSR count). The Morgan fingerprint density at radius 3 is 2.52 bits per heavy atom. The monoisotopic (exact) mass is 414 g/mol. The van der Waals surface area contributed by atoms with E-state index >= 15 is 0 Å². The number of carbonyl (C=O) groups excluding carboxylic acids is 1. The number of nitrogens with zero attached hydrogens (tertiary/aromatic N) is 1. The SMILES string of the molecule is Cc1ccc(Cl)cc1NC(=O)Cn1c(CCC(=O)O)ccc1-c1ccc(F)cc1. The molecular formula is C22H20ClFN2O3. The van der Waals surface area contributed by atoms with Crippen LogP contribution in [0.15, 0.2) is 54.6 Å². The molecule has 29 heavy (non-hydrogen) atoms. The molecule has 0 spiro atoms. The van der Waals surface area contributed by atoms with Gasteiger partial charge in [0, 0.05) is 22.1 Å². The molecule has 0 saturated carbocycles. The molecular weight excluding hydrogens is 395 g/mol. The number of anilines is 1. The van der Waals surface area contributed by atoms with Gasteiger partial charge in [0.1, 0.15) is 12.4 Å². The fourth-order valence-corrected chi connectivity index (χ4v) is 3.26. The topological polar surface area (TPSA) is 71.3 Å². The molecule has 0 unspecified atom stereocenters. The Kier molecular flexibility index (Phi) is 6.34. The Hall–Kier alpha value is -3.12. The van der Waals surface area contributed by atoms with E-state index in [0.717, 1.165) is 11.1 Å². The highest BCUT2D eigenvalue weighted by Crippen LogP contribution is 2.25. The molecule has 1 aromatic heterocycles. The van der Waals surface area contributed by atoms with Crippen LogP contribution in [-0.2, 0) is 22.6 Å². The molecule has 0 atom stereocenters. The van der Waals surface area contributed by atoms with E-state index in [0.29, 0.717) is 22.1 Å². The number of nitrogens with one attached hydrogen (secondary N) is 1. The quantitative estimate of drug-likeness (QED) is 0.577. The van der Waals surface area contributed by atoms with Gasteiger partial charge in [-0.3, -0.25) is 9.59 Å². The van der Waals surface area contributed by atoms with E-state index in [1.54, 1.807) is 34.9 Å². The number of aliphatic carboxylic acids is 1. The number of carboxylic acid groups (broad SMARTS) is 1. The van der Waals surface area contributed by atoms with Crippen molar-refractivity contribution in [2.24, 2.45) is 0 Å². The van der Waals surface area contributed by atoms with Gasteiger partial charge in [-0.15, -0.1) is 0 Å². The lowest BCUT2D eigenvalue weighted by molar-refractivity contribution is -0.137. The Bertz CT molecular complexity index is 1040. The van der Waals surface area contributed by atoms with Crippen LogP contribution in [0.3, 0.4) is 0 Å². The van der Waals surface area contributed by atoms with Crippen LogP contribution in [0.2, 0.25) is 5.02 Å². The largest absolute Gasteiger partial charge is 0.481 e. The number of hydrogen-bond acceptors (Lipinski definition) is 2. The number of carbonyl (C=O) groups is 2. The molecule has 5 nitrogen and oxygen atoms in total. The zero-order chi connectivity index (χ0) is 21.0. The summed E-state index contributed by atoms with van der Waals surface area (Å²) in [5.74, 6) is -1.54. The number of rotatable bonds is 7. The van der Waals surface area contributed by atoms with Crippen LogP contribution < -0.4 is 5.32 Å². The van der Waals surface area contributed by atoms with Crippen molar-refractivity contribution in [1.82, 2.24) is 4.57 Å². The summed E-state index contributed by atoms with van der Waals surface area (Å²) in [5.41, 5.74) is 3.65. The van der Waals surface area contributed by atoms with E-state index in [1.807, 2.05) is 19.1 Å². The van der Waals surface area contributed by atoms with Crippen molar-refractivity contribution in [1.29, 1.82) is 0 Å². The van der Waals surface area contributed by atoms with Gasteiger partial charge < -0.3 is 15.0 Å². The standard InChI is InChI=1S/C22H20ClFN2O3/c1-14-2-5-16(23)12-19(14)25-21(27)13-26-18(9-11-22(28)29)8-10-20(26)15-3-6-17(24)7-4-15/h2-8,10,12H,9,11,13H2,1H3,(H,25,27)(H,28,29). The maximum atomic E-state index is 13.3. The number of halogens is 2. The summed E-state index contributed by atoms with van der Waals surface area (Å²) in [6, 6.07) is 14.8. The normalized spacial score (nSPS) is 10.7. The third-order valence-electron chi connectivity index (χ3n) is 4.58. The first kappa shape index (κ1) is 20.6. The zero-order valence-corrected chi connectivity index (χ0v) is 16.5. The van der Waals surface area contributed by atoms with Crippen molar-refractivity contribution in [3.8, 4) is 11.3 Å². The summed E-state index contributed by atoms with van der Waals surface area (Å²) >= 11 is 6.01. The third-order valence-corrected chi connectivity index (χ3v) is 4.82. The third kappa shape index (κ3) is 5.23. The molecule has 0 radical (unpaired) electrons. The van der Waals surface area contributed by atoms with Crippen molar-refractivity contribution in [3.63, 3.8) is 0 Å². The average molecular weight is 415 g/mol. The van der Waals surface area contributed by atoms with Gasteiger partial charge in [-0.25, -0.2) is 4.39 Å². The average Bonchev–Trinajstić information content (AvgIpc) is 3.06. The number of aromatic nitrogens is 1. The molecule has 0 bridgehead atoms. The van der Waals surface area contributed by atoms with Gasteiger partial charge >= 0.3 is 5.97 Å². The van der Waals surface area contributed by atoms with Crippen LogP contribution >= 0.6 is 11.6 Å². The summed E-state index contributed by atoms with van der Waals surface area (Å²) in [5, 5.41) is 12.4. The van der Waals surface area contributed by atoms with Gasteiger partial charge in [-0.1, -0.05) is 17.7 Å². The van der Waals surface area contributed by atoms with Gasteiger partial charge in [-0.2, -0.15) is 0 Å². The van der Waals surface area contributed by atoms with E-state index < -0.39 is 5.97 Å². The van der Waals surface area contributed by atoms with E-state index in [1.165, 1.54) is 12.1 Å². The van der Waals surface area contributed by atoms with E-state index in [9.17, 15) is 14.0 Å². The van der Waals surface area contributed by atoms with E-state index in [2.05, 4.69) is 5.32 Å². The molecule has 0 fully saturated rings. The minimum absolute atomic E-state index is 0.0133. The lowest BCUT2D eigenvalue weighted by atomic mass is 10.1. The minimum atomic E-state index is -0.917. The van der Waals surface area contributed by atoms with E-state index in [4.69, 9.17) is 16.7 Å². The van der Waals surface area contributed by atoms with Crippen LogP contribution in [0.5, 0.6) is 0 Å². The molecule has 0 aliphatic carbocycles. The van der Waals surface area contributed by atoms with Crippen LogP contribution in [0, 0.1) is 12.7 Å². The fourth-order valence-electron chi connectivity index (χ4n) is 3.08. The first-order valence-corrected chi connectivity index (χ1v) is 9.43. The molecule has 1 amide bonds. The maximum absolute atomic E-state index is 13.3. The van der Waals surface area contributed by atoms with Gasteiger partial charge in [-0.05, 0) is 73.0 Å².